The van der Waals surface area contributed by atoms with Crippen molar-refractivity contribution in [3.63, 3.8) is 0 Å². The van der Waals surface area contributed by atoms with Gasteiger partial charge in [-0.05, 0) is 49.6 Å². The number of amides is 1. The van der Waals surface area contributed by atoms with Gasteiger partial charge in [-0.25, -0.2) is 4.79 Å². The Morgan fingerprint density at radius 3 is 2.72 bits per heavy atom. The van der Waals surface area contributed by atoms with Gasteiger partial charge in [-0.2, -0.15) is 0 Å². The molecule has 0 bridgehead atoms. The zero-order valence-electron chi connectivity index (χ0n) is 18.2. The van der Waals surface area contributed by atoms with Gasteiger partial charge in [0.15, 0.2) is 0 Å². The Hall–Kier alpha value is -3.48. The molecule has 7 heteroatoms. The van der Waals surface area contributed by atoms with E-state index >= 15 is 0 Å². The number of rotatable bonds is 8. The van der Waals surface area contributed by atoms with Gasteiger partial charge < -0.3 is 23.4 Å². The molecule has 32 heavy (non-hydrogen) atoms. The van der Waals surface area contributed by atoms with Crippen LogP contribution in [0.2, 0.25) is 0 Å². The molecule has 1 aliphatic rings. The van der Waals surface area contributed by atoms with E-state index in [2.05, 4.69) is 0 Å². The molecular weight excluding hydrogens is 408 g/mol. The van der Waals surface area contributed by atoms with Gasteiger partial charge in [0.05, 0.1) is 12.9 Å². The Labute approximate surface area is 187 Å². The van der Waals surface area contributed by atoms with Crippen LogP contribution in [-0.4, -0.2) is 40.5 Å². The zero-order valence-corrected chi connectivity index (χ0v) is 18.2. The second-order valence-electron chi connectivity index (χ2n) is 7.95. The van der Waals surface area contributed by atoms with Crippen molar-refractivity contribution in [2.75, 3.05) is 13.2 Å². The SMILES string of the molecule is Cn1cccc1C(=O)N1CCCCC1CCOC(=O)c1occc1COc1ccccc1. The van der Waals surface area contributed by atoms with Crippen molar-refractivity contribution in [2.24, 2.45) is 7.05 Å². The van der Waals surface area contributed by atoms with Crippen LogP contribution >= 0.6 is 0 Å². The highest BCUT2D eigenvalue weighted by Crippen LogP contribution is 2.23. The van der Waals surface area contributed by atoms with Gasteiger partial charge in [-0.15, -0.1) is 0 Å². The number of likely N-dealkylation sites (tertiary alicyclic amines) is 1. The molecule has 1 saturated heterocycles. The van der Waals surface area contributed by atoms with Gasteiger partial charge in [0, 0.05) is 37.8 Å². The third-order valence-electron chi connectivity index (χ3n) is 5.80. The fourth-order valence-electron chi connectivity index (χ4n) is 4.06. The normalized spacial score (nSPS) is 16.0. The van der Waals surface area contributed by atoms with E-state index in [4.69, 9.17) is 13.9 Å². The molecule has 1 atom stereocenters. The first-order chi connectivity index (χ1) is 15.6. The van der Waals surface area contributed by atoms with Gasteiger partial charge in [0.2, 0.25) is 5.76 Å². The molecule has 1 amide bonds. The van der Waals surface area contributed by atoms with Crippen LogP contribution in [0.15, 0.2) is 65.4 Å². The van der Waals surface area contributed by atoms with E-state index in [-0.39, 0.29) is 30.9 Å². The summed E-state index contributed by atoms with van der Waals surface area (Å²) in [4.78, 5) is 27.5. The number of benzene rings is 1. The fraction of sp³-hybridized carbons (Fsp3) is 0.360. The highest BCUT2D eigenvalue weighted by molar-refractivity contribution is 5.93. The van der Waals surface area contributed by atoms with Crippen molar-refractivity contribution in [3.8, 4) is 5.75 Å². The lowest BCUT2D eigenvalue weighted by atomic mass is 9.99. The minimum Gasteiger partial charge on any atom is -0.489 e. The molecule has 4 rings (SSSR count). The van der Waals surface area contributed by atoms with Gasteiger partial charge in [-0.3, -0.25) is 4.79 Å². The van der Waals surface area contributed by atoms with Gasteiger partial charge in [0.25, 0.3) is 5.91 Å². The number of aryl methyl sites for hydroxylation is 1. The third kappa shape index (κ3) is 5.04. The molecule has 1 aromatic carbocycles. The summed E-state index contributed by atoms with van der Waals surface area (Å²) in [6, 6.07) is 14.9. The summed E-state index contributed by atoms with van der Waals surface area (Å²) < 4.78 is 18.4. The van der Waals surface area contributed by atoms with Gasteiger partial charge in [0.1, 0.15) is 18.1 Å². The zero-order chi connectivity index (χ0) is 22.3. The Kier molecular flexibility index (Phi) is 6.94. The highest BCUT2D eigenvalue weighted by atomic mass is 16.5. The number of carbonyl (C=O) groups is 2. The van der Waals surface area contributed by atoms with E-state index in [1.165, 1.54) is 6.26 Å². The maximum Gasteiger partial charge on any atom is 0.374 e. The summed E-state index contributed by atoms with van der Waals surface area (Å²) in [5.41, 5.74) is 1.31. The number of piperidine rings is 1. The van der Waals surface area contributed by atoms with Crippen LogP contribution in [-0.2, 0) is 18.4 Å². The number of aromatic nitrogens is 1. The number of nitrogens with zero attached hydrogens (tertiary/aromatic N) is 2. The van der Waals surface area contributed by atoms with Crippen LogP contribution in [0.1, 0.15) is 52.3 Å². The number of furan rings is 1. The van der Waals surface area contributed by atoms with Crippen molar-refractivity contribution in [2.45, 2.75) is 38.3 Å². The first-order valence-electron chi connectivity index (χ1n) is 11.0. The van der Waals surface area contributed by atoms with Gasteiger partial charge >= 0.3 is 5.97 Å². The molecule has 1 fully saturated rings. The average molecular weight is 437 g/mol. The average Bonchev–Trinajstić information content (AvgIpc) is 3.47. The van der Waals surface area contributed by atoms with E-state index in [1.54, 1.807) is 6.07 Å². The Morgan fingerprint density at radius 1 is 1.09 bits per heavy atom. The molecule has 1 aliphatic heterocycles. The molecule has 3 heterocycles. The van der Waals surface area contributed by atoms with Crippen molar-refractivity contribution >= 4 is 11.9 Å². The summed E-state index contributed by atoms with van der Waals surface area (Å²) in [7, 11) is 1.87. The van der Waals surface area contributed by atoms with Crippen LogP contribution in [0.5, 0.6) is 5.75 Å². The van der Waals surface area contributed by atoms with Crippen LogP contribution < -0.4 is 4.74 Å². The summed E-state index contributed by atoms with van der Waals surface area (Å²) in [5.74, 6) is 0.382. The molecule has 2 aromatic heterocycles. The summed E-state index contributed by atoms with van der Waals surface area (Å²) in [6.07, 6.45) is 6.89. The number of esters is 1. The minimum atomic E-state index is -0.516. The summed E-state index contributed by atoms with van der Waals surface area (Å²) in [5, 5.41) is 0. The van der Waals surface area contributed by atoms with E-state index < -0.39 is 5.97 Å². The van der Waals surface area contributed by atoms with Gasteiger partial charge in [-0.1, -0.05) is 18.2 Å². The lowest BCUT2D eigenvalue weighted by Crippen LogP contribution is -2.44. The maximum absolute atomic E-state index is 13.0. The monoisotopic (exact) mass is 436 g/mol. The van der Waals surface area contributed by atoms with Crippen LogP contribution in [0.25, 0.3) is 0 Å². The first kappa shape index (κ1) is 21.7. The largest absolute Gasteiger partial charge is 0.489 e. The van der Waals surface area contributed by atoms with E-state index in [0.717, 1.165) is 25.8 Å². The van der Waals surface area contributed by atoms with Crippen molar-refractivity contribution in [3.05, 3.63) is 78.0 Å². The molecule has 168 valence electrons. The quantitative estimate of drug-likeness (QED) is 0.488. The molecular formula is C25H28N2O5. The summed E-state index contributed by atoms with van der Waals surface area (Å²) in [6.45, 7) is 1.16. The molecule has 1 unspecified atom stereocenters. The minimum absolute atomic E-state index is 0.0277. The maximum atomic E-state index is 13.0. The number of carbonyl (C=O) groups excluding carboxylic acids is 2. The smallest absolute Gasteiger partial charge is 0.374 e. The van der Waals surface area contributed by atoms with Crippen molar-refractivity contribution in [1.82, 2.24) is 9.47 Å². The Bertz CT molecular complexity index is 1040. The lowest BCUT2D eigenvalue weighted by Gasteiger charge is -2.35. The predicted molar refractivity (Wildman–Crippen MR) is 118 cm³/mol. The Morgan fingerprint density at radius 2 is 1.94 bits per heavy atom. The Balaban J connectivity index is 1.31. The standard InChI is InChI=1S/C25H28N2O5/c1-26-14-7-11-22(26)24(28)27-15-6-5-8-20(27)13-17-31-25(29)23-19(12-16-30-23)18-32-21-9-3-2-4-10-21/h2-4,7,9-12,14,16,20H,5-6,8,13,15,17-18H2,1H3. The second kappa shape index (κ2) is 10.2. The molecule has 7 nitrogen and oxygen atoms in total. The second-order valence-corrected chi connectivity index (χ2v) is 7.95. The number of hydrogen-bond donors (Lipinski definition) is 0. The lowest BCUT2D eigenvalue weighted by molar-refractivity contribution is 0.0377. The topological polar surface area (TPSA) is 73.9 Å². The summed E-state index contributed by atoms with van der Waals surface area (Å²) >= 11 is 0. The molecule has 0 radical (unpaired) electrons. The van der Waals surface area contributed by atoms with Crippen molar-refractivity contribution < 1.29 is 23.5 Å². The predicted octanol–water partition coefficient (Wildman–Crippen LogP) is 4.44. The number of para-hydroxylation sites is 1. The van der Waals surface area contributed by atoms with Crippen LogP contribution in [0.4, 0.5) is 0 Å². The molecule has 0 N–H and O–H groups in total. The fourth-order valence-corrected chi connectivity index (χ4v) is 4.06. The molecule has 0 aliphatic carbocycles. The van der Waals surface area contributed by atoms with Crippen LogP contribution in [0, 0.1) is 0 Å². The molecule has 0 saturated carbocycles. The van der Waals surface area contributed by atoms with E-state index in [0.29, 0.717) is 23.4 Å². The van der Waals surface area contributed by atoms with E-state index in [1.807, 2.05) is 65.2 Å². The number of ether oxygens (including phenoxy) is 2. The molecule has 0 spiro atoms. The first-order valence-corrected chi connectivity index (χ1v) is 11.0. The molecule has 3 aromatic rings. The highest BCUT2D eigenvalue weighted by Gasteiger charge is 2.29. The van der Waals surface area contributed by atoms with E-state index in [9.17, 15) is 9.59 Å². The van der Waals surface area contributed by atoms with Crippen molar-refractivity contribution in [1.29, 1.82) is 0 Å². The number of hydrogen-bond acceptors (Lipinski definition) is 5. The third-order valence-corrected chi connectivity index (χ3v) is 5.80. The van der Waals surface area contributed by atoms with Crippen LogP contribution in [0.3, 0.4) is 0 Å².